The summed E-state index contributed by atoms with van der Waals surface area (Å²) in [5.41, 5.74) is 3.13. The van der Waals surface area contributed by atoms with Crippen molar-refractivity contribution in [2.24, 2.45) is 0 Å². The quantitative estimate of drug-likeness (QED) is 0.737. The van der Waals surface area contributed by atoms with Gasteiger partial charge in [0.2, 0.25) is 5.91 Å². The standard InChI is InChI=1S/C22H28N2O3/c1-5-16(3)23-22(26)18-8-6-7-9-19(18)24-21(25)13-11-17-10-12-20(27-4)15(2)14-17/h6-10,12,14,16H,5,11,13H2,1-4H3,(H,23,26)(H,24,25). The van der Waals surface area contributed by atoms with E-state index in [0.717, 1.165) is 23.3 Å². The molecule has 1 unspecified atom stereocenters. The van der Waals surface area contributed by atoms with E-state index >= 15 is 0 Å². The van der Waals surface area contributed by atoms with E-state index in [1.165, 1.54) is 0 Å². The van der Waals surface area contributed by atoms with Gasteiger partial charge < -0.3 is 15.4 Å². The zero-order valence-electron chi connectivity index (χ0n) is 16.5. The van der Waals surface area contributed by atoms with E-state index in [2.05, 4.69) is 10.6 Å². The highest BCUT2D eigenvalue weighted by Gasteiger charge is 2.14. The molecule has 2 rings (SSSR count). The SMILES string of the molecule is CCC(C)NC(=O)c1ccccc1NC(=O)CCc1ccc(OC)c(C)c1. The van der Waals surface area contributed by atoms with Crippen molar-refractivity contribution in [3.8, 4) is 5.75 Å². The zero-order valence-corrected chi connectivity index (χ0v) is 16.5. The Balaban J connectivity index is 1.99. The smallest absolute Gasteiger partial charge is 0.253 e. The van der Waals surface area contributed by atoms with Crippen molar-refractivity contribution < 1.29 is 14.3 Å². The second kappa shape index (κ2) is 9.76. The highest BCUT2D eigenvalue weighted by atomic mass is 16.5. The van der Waals surface area contributed by atoms with Crippen LogP contribution in [0.2, 0.25) is 0 Å². The Hall–Kier alpha value is -2.82. The van der Waals surface area contributed by atoms with E-state index in [1.807, 2.05) is 45.0 Å². The number of anilines is 1. The first-order valence-electron chi connectivity index (χ1n) is 9.27. The number of methoxy groups -OCH3 is 1. The molecule has 0 aromatic heterocycles. The number of amides is 2. The molecular formula is C22H28N2O3. The molecular weight excluding hydrogens is 340 g/mol. The fourth-order valence-electron chi connectivity index (χ4n) is 2.76. The van der Waals surface area contributed by atoms with Gasteiger partial charge in [0.25, 0.3) is 5.91 Å². The van der Waals surface area contributed by atoms with Crippen LogP contribution in [-0.4, -0.2) is 25.0 Å². The molecule has 0 spiro atoms. The number of benzene rings is 2. The van der Waals surface area contributed by atoms with E-state index in [-0.39, 0.29) is 17.9 Å². The number of hydrogen-bond acceptors (Lipinski definition) is 3. The van der Waals surface area contributed by atoms with Gasteiger partial charge in [0.15, 0.2) is 0 Å². The highest BCUT2D eigenvalue weighted by Crippen LogP contribution is 2.20. The average molecular weight is 368 g/mol. The summed E-state index contributed by atoms with van der Waals surface area (Å²) in [4.78, 5) is 24.8. The van der Waals surface area contributed by atoms with Crippen molar-refractivity contribution in [3.05, 3.63) is 59.2 Å². The largest absolute Gasteiger partial charge is 0.496 e. The minimum Gasteiger partial charge on any atom is -0.496 e. The van der Waals surface area contributed by atoms with Crippen molar-refractivity contribution in [3.63, 3.8) is 0 Å². The van der Waals surface area contributed by atoms with Crippen LogP contribution in [0.25, 0.3) is 0 Å². The Morgan fingerprint density at radius 2 is 1.89 bits per heavy atom. The number of aryl methyl sites for hydroxylation is 2. The lowest BCUT2D eigenvalue weighted by atomic mass is 10.1. The fourth-order valence-corrected chi connectivity index (χ4v) is 2.76. The molecule has 2 aromatic rings. The van der Waals surface area contributed by atoms with Gasteiger partial charge in [-0.3, -0.25) is 9.59 Å². The third-order valence-electron chi connectivity index (χ3n) is 4.54. The topological polar surface area (TPSA) is 67.4 Å². The summed E-state index contributed by atoms with van der Waals surface area (Å²) < 4.78 is 5.26. The molecule has 27 heavy (non-hydrogen) atoms. The lowest BCUT2D eigenvalue weighted by Crippen LogP contribution is -2.32. The number of rotatable bonds is 8. The molecule has 0 saturated heterocycles. The lowest BCUT2D eigenvalue weighted by Gasteiger charge is -2.14. The van der Waals surface area contributed by atoms with Crippen molar-refractivity contribution in [2.45, 2.75) is 46.1 Å². The third-order valence-corrected chi connectivity index (χ3v) is 4.54. The molecule has 2 aromatic carbocycles. The molecule has 0 aliphatic heterocycles. The van der Waals surface area contributed by atoms with Crippen LogP contribution in [0, 0.1) is 6.92 Å². The van der Waals surface area contributed by atoms with Crippen LogP contribution in [0.4, 0.5) is 5.69 Å². The van der Waals surface area contributed by atoms with Gasteiger partial charge in [0.05, 0.1) is 18.4 Å². The van der Waals surface area contributed by atoms with Gasteiger partial charge in [-0.15, -0.1) is 0 Å². The summed E-state index contributed by atoms with van der Waals surface area (Å²) in [6, 6.07) is 13.1. The molecule has 0 aliphatic carbocycles. The van der Waals surface area contributed by atoms with E-state index in [4.69, 9.17) is 4.74 Å². The van der Waals surface area contributed by atoms with Gasteiger partial charge in [0.1, 0.15) is 5.75 Å². The fraction of sp³-hybridized carbons (Fsp3) is 0.364. The maximum atomic E-state index is 12.4. The van der Waals surface area contributed by atoms with E-state index < -0.39 is 0 Å². The molecule has 0 heterocycles. The third kappa shape index (κ3) is 5.84. The summed E-state index contributed by atoms with van der Waals surface area (Å²) in [6.07, 6.45) is 1.81. The maximum Gasteiger partial charge on any atom is 0.253 e. The van der Waals surface area contributed by atoms with Gasteiger partial charge in [-0.05, 0) is 56.0 Å². The van der Waals surface area contributed by atoms with E-state index in [9.17, 15) is 9.59 Å². The van der Waals surface area contributed by atoms with Crippen LogP contribution in [0.3, 0.4) is 0 Å². The maximum absolute atomic E-state index is 12.4. The summed E-state index contributed by atoms with van der Waals surface area (Å²) in [5, 5.41) is 5.80. The monoisotopic (exact) mass is 368 g/mol. The molecule has 1 atom stereocenters. The Bertz CT molecular complexity index is 802. The first kappa shape index (κ1) is 20.5. The minimum atomic E-state index is -0.175. The molecule has 144 valence electrons. The molecule has 0 saturated carbocycles. The average Bonchev–Trinajstić information content (AvgIpc) is 2.66. The second-order valence-corrected chi connectivity index (χ2v) is 6.68. The van der Waals surface area contributed by atoms with E-state index in [0.29, 0.717) is 24.1 Å². The van der Waals surface area contributed by atoms with Crippen molar-refractivity contribution >= 4 is 17.5 Å². The number of para-hydroxylation sites is 1. The molecule has 0 fully saturated rings. The van der Waals surface area contributed by atoms with Crippen LogP contribution >= 0.6 is 0 Å². The van der Waals surface area contributed by atoms with Crippen LogP contribution in [0.15, 0.2) is 42.5 Å². The van der Waals surface area contributed by atoms with Gasteiger partial charge >= 0.3 is 0 Å². The van der Waals surface area contributed by atoms with Crippen LogP contribution in [-0.2, 0) is 11.2 Å². The van der Waals surface area contributed by atoms with Gasteiger partial charge in [-0.25, -0.2) is 0 Å². The van der Waals surface area contributed by atoms with E-state index in [1.54, 1.807) is 25.3 Å². The molecule has 0 bridgehead atoms. The van der Waals surface area contributed by atoms with Crippen molar-refractivity contribution in [1.82, 2.24) is 5.32 Å². The normalized spacial score (nSPS) is 11.6. The number of carbonyl (C=O) groups is 2. The molecule has 0 aliphatic rings. The van der Waals surface area contributed by atoms with Gasteiger partial charge in [-0.1, -0.05) is 31.2 Å². The molecule has 2 N–H and O–H groups in total. The Morgan fingerprint density at radius 3 is 2.56 bits per heavy atom. The van der Waals surface area contributed by atoms with Gasteiger partial charge in [-0.2, -0.15) is 0 Å². The molecule has 2 amide bonds. The highest BCUT2D eigenvalue weighted by molar-refractivity contribution is 6.03. The lowest BCUT2D eigenvalue weighted by molar-refractivity contribution is -0.116. The molecule has 5 nitrogen and oxygen atoms in total. The number of nitrogens with one attached hydrogen (secondary N) is 2. The van der Waals surface area contributed by atoms with Crippen molar-refractivity contribution in [2.75, 3.05) is 12.4 Å². The molecule has 0 radical (unpaired) electrons. The van der Waals surface area contributed by atoms with Crippen molar-refractivity contribution in [1.29, 1.82) is 0 Å². The van der Waals surface area contributed by atoms with Gasteiger partial charge in [0, 0.05) is 12.5 Å². The molecule has 5 heteroatoms. The Morgan fingerprint density at radius 1 is 1.15 bits per heavy atom. The number of hydrogen-bond donors (Lipinski definition) is 2. The summed E-state index contributed by atoms with van der Waals surface area (Å²) in [7, 11) is 1.64. The zero-order chi connectivity index (χ0) is 19.8. The summed E-state index contributed by atoms with van der Waals surface area (Å²) >= 11 is 0. The summed E-state index contributed by atoms with van der Waals surface area (Å²) in [6.45, 7) is 5.95. The first-order valence-corrected chi connectivity index (χ1v) is 9.27. The Kier molecular flexibility index (Phi) is 7.41. The second-order valence-electron chi connectivity index (χ2n) is 6.68. The van der Waals surface area contributed by atoms with Crippen LogP contribution < -0.4 is 15.4 Å². The minimum absolute atomic E-state index is 0.0829. The predicted molar refractivity (Wildman–Crippen MR) is 108 cm³/mol. The summed E-state index contributed by atoms with van der Waals surface area (Å²) in [5.74, 6) is 0.544. The first-order chi connectivity index (χ1) is 12.9. The van der Waals surface area contributed by atoms with Crippen LogP contribution in [0.1, 0.15) is 48.2 Å². The predicted octanol–water partition coefficient (Wildman–Crippen LogP) is 4.10. The van der Waals surface area contributed by atoms with Crippen LogP contribution in [0.5, 0.6) is 5.75 Å². The Labute approximate surface area is 161 Å². The number of carbonyl (C=O) groups excluding carboxylic acids is 2. The number of ether oxygens (including phenoxy) is 1.